The highest BCUT2D eigenvalue weighted by atomic mass is 35.5. The van der Waals surface area contributed by atoms with Crippen LogP contribution >= 0.6 is 46.4 Å². The van der Waals surface area contributed by atoms with E-state index in [-0.39, 0.29) is 11.1 Å². The van der Waals surface area contributed by atoms with Gasteiger partial charge in [-0.15, -0.1) is 0 Å². The molecule has 2 rings (SSSR count). The molecule has 0 spiro atoms. The summed E-state index contributed by atoms with van der Waals surface area (Å²) in [6.07, 6.45) is 4.86. The van der Waals surface area contributed by atoms with Crippen LogP contribution in [0.4, 0.5) is 0 Å². The van der Waals surface area contributed by atoms with E-state index >= 15 is 0 Å². The standard InChI is InChI=1S/C20H19Cl4NO3/c1-26-25-13-15-6-4-14(5-7-15)3-2-9-28-20-17(21)11-16(12-18(20)22)27-10-8-19(23)24/h4-8,11-13H,2-3,9-10H2,1H3. The number of hydrogen-bond donors (Lipinski definition) is 0. The molecule has 0 aromatic heterocycles. The van der Waals surface area contributed by atoms with Crippen molar-refractivity contribution in [1.82, 2.24) is 0 Å². The first-order valence-corrected chi connectivity index (χ1v) is 9.92. The lowest BCUT2D eigenvalue weighted by atomic mass is 10.1. The van der Waals surface area contributed by atoms with Gasteiger partial charge in [0.1, 0.15) is 24.0 Å². The lowest BCUT2D eigenvalue weighted by Gasteiger charge is -2.12. The fourth-order valence-corrected chi connectivity index (χ4v) is 3.00. The summed E-state index contributed by atoms with van der Waals surface area (Å²) in [5, 5.41) is 4.49. The Hall–Kier alpha value is -1.59. The zero-order chi connectivity index (χ0) is 20.4. The van der Waals surface area contributed by atoms with Crippen LogP contribution in [0.2, 0.25) is 10.0 Å². The van der Waals surface area contributed by atoms with E-state index in [1.807, 2.05) is 24.3 Å². The summed E-state index contributed by atoms with van der Waals surface area (Å²) >= 11 is 23.6. The van der Waals surface area contributed by atoms with E-state index in [4.69, 9.17) is 55.9 Å². The van der Waals surface area contributed by atoms with Crippen molar-refractivity contribution < 1.29 is 14.3 Å². The van der Waals surface area contributed by atoms with Gasteiger partial charge in [0.25, 0.3) is 0 Å². The van der Waals surface area contributed by atoms with Crippen molar-refractivity contribution in [2.24, 2.45) is 5.16 Å². The SMILES string of the molecule is CON=Cc1ccc(CCCOc2c(Cl)cc(OCC=C(Cl)Cl)cc2Cl)cc1. The molecule has 0 N–H and O–H groups in total. The monoisotopic (exact) mass is 461 g/mol. The Balaban J connectivity index is 1.83. The number of rotatable bonds is 10. The number of oxime groups is 1. The quantitative estimate of drug-likeness (QED) is 0.224. The van der Waals surface area contributed by atoms with Crippen molar-refractivity contribution in [3.63, 3.8) is 0 Å². The van der Waals surface area contributed by atoms with Gasteiger partial charge in [0.15, 0.2) is 5.75 Å². The largest absolute Gasteiger partial charge is 0.490 e. The Morgan fingerprint density at radius 1 is 1.04 bits per heavy atom. The summed E-state index contributed by atoms with van der Waals surface area (Å²) in [5.74, 6) is 0.943. The van der Waals surface area contributed by atoms with Crippen LogP contribution in [-0.4, -0.2) is 26.5 Å². The third-order valence-corrected chi connectivity index (χ3v) is 4.47. The van der Waals surface area contributed by atoms with E-state index in [1.54, 1.807) is 18.3 Å². The zero-order valence-electron chi connectivity index (χ0n) is 15.1. The molecule has 4 nitrogen and oxygen atoms in total. The predicted molar refractivity (Wildman–Crippen MR) is 117 cm³/mol. The van der Waals surface area contributed by atoms with Gasteiger partial charge < -0.3 is 14.3 Å². The molecule has 0 amide bonds. The molecule has 2 aromatic carbocycles. The van der Waals surface area contributed by atoms with Crippen LogP contribution in [0.3, 0.4) is 0 Å². The molecule has 150 valence electrons. The van der Waals surface area contributed by atoms with E-state index in [0.717, 1.165) is 18.4 Å². The van der Waals surface area contributed by atoms with E-state index < -0.39 is 0 Å². The predicted octanol–water partition coefficient (Wildman–Crippen LogP) is 6.68. The molecule has 0 bridgehead atoms. The van der Waals surface area contributed by atoms with Crippen molar-refractivity contribution in [3.05, 3.63) is 68.1 Å². The number of halogens is 4. The molecule has 0 radical (unpaired) electrons. The topological polar surface area (TPSA) is 40.0 Å². The van der Waals surface area contributed by atoms with Gasteiger partial charge in [0.2, 0.25) is 0 Å². The maximum absolute atomic E-state index is 6.25. The first-order chi connectivity index (χ1) is 13.5. The first kappa shape index (κ1) is 22.7. The van der Waals surface area contributed by atoms with E-state index in [0.29, 0.717) is 28.2 Å². The molecule has 0 aliphatic heterocycles. The summed E-state index contributed by atoms with van der Waals surface area (Å²) < 4.78 is 11.4. The first-order valence-electron chi connectivity index (χ1n) is 8.41. The Kier molecular flexibility index (Phi) is 9.79. The van der Waals surface area contributed by atoms with Crippen LogP contribution in [0.15, 0.2) is 52.1 Å². The van der Waals surface area contributed by atoms with Gasteiger partial charge in [-0.25, -0.2) is 0 Å². The van der Waals surface area contributed by atoms with Gasteiger partial charge in [-0.3, -0.25) is 0 Å². The van der Waals surface area contributed by atoms with Crippen LogP contribution in [0.5, 0.6) is 11.5 Å². The third-order valence-electron chi connectivity index (χ3n) is 3.60. The Morgan fingerprint density at radius 3 is 2.32 bits per heavy atom. The lowest BCUT2D eigenvalue weighted by molar-refractivity contribution is 0.215. The summed E-state index contributed by atoms with van der Waals surface area (Å²) in [6.45, 7) is 0.697. The normalized spacial score (nSPS) is 10.8. The average molecular weight is 463 g/mol. The zero-order valence-corrected chi connectivity index (χ0v) is 18.2. The molecular formula is C20H19Cl4NO3. The molecule has 0 fully saturated rings. The maximum atomic E-state index is 6.25. The molecular weight excluding hydrogens is 444 g/mol. The molecule has 0 aliphatic carbocycles. The van der Waals surface area contributed by atoms with Gasteiger partial charge in [0, 0.05) is 12.1 Å². The Labute approximate surface area is 184 Å². The average Bonchev–Trinajstić information content (AvgIpc) is 2.66. The molecule has 0 saturated carbocycles. The summed E-state index contributed by atoms with van der Waals surface area (Å²) in [4.78, 5) is 4.66. The molecule has 8 heteroatoms. The van der Waals surface area contributed by atoms with Crippen LogP contribution in [0.1, 0.15) is 17.5 Å². The summed E-state index contributed by atoms with van der Waals surface area (Å²) in [6, 6.07) is 11.3. The minimum absolute atomic E-state index is 0.134. The second-order valence-electron chi connectivity index (χ2n) is 5.63. The summed E-state index contributed by atoms with van der Waals surface area (Å²) in [7, 11) is 1.51. The fourth-order valence-electron chi connectivity index (χ4n) is 2.29. The third kappa shape index (κ3) is 7.80. The molecule has 0 unspecified atom stereocenters. The number of hydrogen-bond acceptors (Lipinski definition) is 4. The summed E-state index contributed by atoms with van der Waals surface area (Å²) in [5.41, 5.74) is 2.18. The molecule has 0 saturated heterocycles. The van der Waals surface area contributed by atoms with Gasteiger partial charge in [-0.1, -0.05) is 75.8 Å². The minimum Gasteiger partial charge on any atom is -0.490 e. The van der Waals surface area contributed by atoms with E-state index in [1.165, 1.54) is 18.7 Å². The highest BCUT2D eigenvalue weighted by Gasteiger charge is 2.10. The molecule has 0 aliphatic rings. The number of ether oxygens (including phenoxy) is 2. The maximum Gasteiger partial charge on any atom is 0.156 e. The van der Waals surface area contributed by atoms with Crippen molar-refractivity contribution >= 4 is 52.6 Å². The second kappa shape index (κ2) is 12.1. The lowest BCUT2D eigenvalue weighted by Crippen LogP contribution is -2.01. The molecule has 0 atom stereocenters. The number of benzene rings is 2. The number of nitrogens with zero attached hydrogens (tertiary/aromatic N) is 1. The number of aryl methyl sites for hydroxylation is 1. The second-order valence-corrected chi connectivity index (χ2v) is 7.45. The van der Waals surface area contributed by atoms with Crippen molar-refractivity contribution in [2.45, 2.75) is 12.8 Å². The fraction of sp³-hybridized carbons (Fsp3) is 0.250. The molecule has 28 heavy (non-hydrogen) atoms. The smallest absolute Gasteiger partial charge is 0.156 e. The van der Waals surface area contributed by atoms with Crippen LogP contribution in [-0.2, 0) is 11.3 Å². The van der Waals surface area contributed by atoms with E-state index in [2.05, 4.69) is 9.99 Å². The molecule has 2 aromatic rings. The van der Waals surface area contributed by atoms with Gasteiger partial charge in [-0.05, 0) is 30.0 Å². The van der Waals surface area contributed by atoms with Crippen molar-refractivity contribution in [2.75, 3.05) is 20.3 Å². The Morgan fingerprint density at radius 2 is 1.71 bits per heavy atom. The Bertz CT molecular complexity index is 796. The highest BCUT2D eigenvalue weighted by Crippen LogP contribution is 2.37. The minimum atomic E-state index is 0.134. The van der Waals surface area contributed by atoms with Gasteiger partial charge >= 0.3 is 0 Å². The van der Waals surface area contributed by atoms with Crippen LogP contribution < -0.4 is 9.47 Å². The highest BCUT2D eigenvalue weighted by molar-refractivity contribution is 6.55. The van der Waals surface area contributed by atoms with Crippen LogP contribution in [0.25, 0.3) is 0 Å². The van der Waals surface area contributed by atoms with Crippen LogP contribution in [0, 0.1) is 0 Å². The van der Waals surface area contributed by atoms with Crippen molar-refractivity contribution in [1.29, 1.82) is 0 Å². The van der Waals surface area contributed by atoms with Crippen molar-refractivity contribution in [3.8, 4) is 11.5 Å². The molecule has 0 heterocycles. The van der Waals surface area contributed by atoms with Gasteiger partial charge in [0.05, 0.1) is 22.9 Å². The van der Waals surface area contributed by atoms with E-state index in [9.17, 15) is 0 Å². The van der Waals surface area contributed by atoms with Gasteiger partial charge in [-0.2, -0.15) is 0 Å².